The number of anilines is 2. The topological polar surface area (TPSA) is 113 Å². The van der Waals surface area contributed by atoms with Gasteiger partial charge in [0.2, 0.25) is 5.91 Å². The number of likely N-dealkylation sites (N-methyl/N-ethyl adjacent to an activating group) is 1. The molecule has 226 valence electrons. The molecule has 1 unspecified atom stereocenters. The second-order valence-electron chi connectivity index (χ2n) is 11.4. The molecule has 3 aliphatic heterocycles. The molecule has 0 aliphatic carbocycles. The SMILES string of the molecule is COc1cc(NC(=O)CCCc2ccc(NC(=O)OC3C[C@H]4[C@@H]5O[C@@H]5[C@H](C3)N4C)c(-c3ccccc3)c2)c(Br)cc1CO. The molecule has 3 N–H and O–H groups in total. The minimum absolute atomic E-state index is 0.116. The van der Waals surface area contributed by atoms with Crippen LogP contribution in [0.3, 0.4) is 0 Å². The van der Waals surface area contributed by atoms with Gasteiger partial charge in [-0.15, -0.1) is 0 Å². The Hall–Kier alpha value is -3.44. The number of benzene rings is 3. The predicted octanol–water partition coefficient (Wildman–Crippen LogP) is 5.74. The van der Waals surface area contributed by atoms with Crippen LogP contribution in [-0.2, 0) is 27.3 Å². The van der Waals surface area contributed by atoms with Crippen LogP contribution in [0.25, 0.3) is 11.1 Å². The molecule has 10 heteroatoms. The van der Waals surface area contributed by atoms with Crippen LogP contribution in [0.15, 0.2) is 65.1 Å². The van der Waals surface area contributed by atoms with Gasteiger partial charge in [-0.2, -0.15) is 0 Å². The molecule has 3 aromatic carbocycles. The fourth-order valence-corrected chi connectivity index (χ4v) is 6.96. The summed E-state index contributed by atoms with van der Waals surface area (Å²) in [5.41, 5.74) is 4.85. The number of rotatable bonds is 10. The standard InChI is InChI=1S/C33H36BrN3O6/c1-37-27-15-22(16-28(37)32-31(27)43-32)42-33(40)36-25-12-11-19(13-23(25)20-8-4-3-5-9-20)7-6-10-30(39)35-26-17-29(41-2)21(18-38)14-24(26)34/h3-5,8-9,11-14,17,22,27-28,31-32,38H,6-7,10,15-16,18H2,1-2H3,(H,35,39)(H,36,40)/t22?,27-,28-,31-,32+/m0/s1. The van der Waals surface area contributed by atoms with E-state index in [9.17, 15) is 14.7 Å². The molecule has 2 amide bonds. The number of methoxy groups -OCH3 is 1. The van der Waals surface area contributed by atoms with Gasteiger partial charge in [0.25, 0.3) is 0 Å². The van der Waals surface area contributed by atoms with Crippen molar-refractivity contribution in [2.45, 2.75) is 69.1 Å². The quantitative estimate of drug-likeness (QED) is 0.240. The highest BCUT2D eigenvalue weighted by Crippen LogP contribution is 2.48. The summed E-state index contributed by atoms with van der Waals surface area (Å²) in [7, 11) is 3.66. The van der Waals surface area contributed by atoms with Gasteiger partial charge in [0, 0.05) is 53.0 Å². The Morgan fingerprint density at radius 3 is 2.47 bits per heavy atom. The van der Waals surface area contributed by atoms with Crippen LogP contribution in [0, 0.1) is 0 Å². The average molecular weight is 651 g/mol. The van der Waals surface area contributed by atoms with Crippen molar-refractivity contribution in [3.05, 3.63) is 76.3 Å². The summed E-state index contributed by atoms with van der Waals surface area (Å²) in [5, 5.41) is 15.4. The summed E-state index contributed by atoms with van der Waals surface area (Å²) < 4.78 is 17.7. The van der Waals surface area contributed by atoms with E-state index in [2.05, 4.69) is 44.6 Å². The molecule has 43 heavy (non-hydrogen) atoms. The molecule has 6 rings (SSSR count). The third kappa shape index (κ3) is 6.43. The zero-order chi connectivity index (χ0) is 30.1. The summed E-state index contributed by atoms with van der Waals surface area (Å²) in [6.45, 7) is -0.160. The first-order valence-electron chi connectivity index (χ1n) is 14.6. The molecule has 3 fully saturated rings. The normalized spacial score (nSPS) is 23.8. The van der Waals surface area contributed by atoms with Gasteiger partial charge in [0.15, 0.2) is 0 Å². The number of carbonyl (C=O) groups excluding carboxylic acids is 2. The van der Waals surface area contributed by atoms with Crippen molar-refractivity contribution >= 4 is 39.3 Å². The van der Waals surface area contributed by atoms with Crippen LogP contribution in [0.5, 0.6) is 5.75 Å². The molecular weight excluding hydrogens is 614 g/mol. The second-order valence-corrected chi connectivity index (χ2v) is 12.3. The number of epoxide rings is 1. The summed E-state index contributed by atoms with van der Waals surface area (Å²) in [4.78, 5) is 28.1. The molecule has 0 saturated carbocycles. The Balaban J connectivity index is 1.07. The summed E-state index contributed by atoms with van der Waals surface area (Å²) in [6, 6.07) is 20.0. The van der Waals surface area contributed by atoms with Crippen molar-refractivity contribution < 1.29 is 28.9 Å². The number of amides is 2. The van der Waals surface area contributed by atoms with Crippen LogP contribution >= 0.6 is 15.9 Å². The first-order valence-corrected chi connectivity index (χ1v) is 15.4. The van der Waals surface area contributed by atoms with Gasteiger partial charge in [0.1, 0.15) is 24.1 Å². The van der Waals surface area contributed by atoms with Gasteiger partial charge in [-0.3, -0.25) is 15.0 Å². The van der Waals surface area contributed by atoms with Gasteiger partial charge in [-0.25, -0.2) is 4.79 Å². The van der Waals surface area contributed by atoms with Crippen LogP contribution in [0.4, 0.5) is 16.2 Å². The van der Waals surface area contributed by atoms with Gasteiger partial charge in [-0.05, 0) is 65.1 Å². The average Bonchev–Trinajstić information content (AvgIpc) is 3.77. The minimum Gasteiger partial charge on any atom is -0.496 e. The van der Waals surface area contributed by atoms with Crippen LogP contribution < -0.4 is 15.4 Å². The number of carbonyl (C=O) groups is 2. The van der Waals surface area contributed by atoms with E-state index in [1.807, 2.05) is 42.5 Å². The molecule has 3 saturated heterocycles. The number of halogens is 1. The number of fused-ring (bicyclic) bond motifs is 5. The Kier molecular flexibility index (Phi) is 8.72. The van der Waals surface area contributed by atoms with Gasteiger partial charge >= 0.3 is 6.09 Å². The van der Waals surface area contributed by atoms with Gasteiger partial charge < -0.3 is 24.6 Å². The van der Waals surface area contributed by atoms with Crippen molar-refractivity contribution in [2.24, 2.45) is 0 Å². The lowest BCUT2D eigenvalue weighted by atomic mass is 9.98. The highest BCUT2D eigenvalue weighted by atomic mass is 79.9. The van der Waals surface area contributed by atoms with Crippen LogP contribution in [0.2, 0.25) is 0 Å². The zero-order valence-electron chi connectivity index (χ0n) is 24.2. The zero-order valence-corrected chi connectivity index (χ0v) is 25.8. The van der Waals surface area contributed by atoms with Gasteiger partial charge in [-0.1, -0.05) is 36.4 Å². The lowest BCUT2D eigenvalue weighted by molar-refractivity contribution is -0.116. The molecular formula is C33H36BrN3O6. The van der Waals surface area contributed by atoms with E-state index >= 15 is 0 Å². The molecule has 9 nitrogen and oxygen atoms in total. The lowest BCUT2D eigenvalue weighted by Gasteiger charge is -2.37. The van der Waals surface area contributed by atoms with Gasteiger partial charge in [0.05, 0.1) is 25.1 Å². The molecule has 3 aromatic rings. The number of morpholine rings is 1. The van der Waals surface area contributed by atoms with Crippen molar-refractivity contribution in [1.29, 1.82) is 0 Å². The summed E-state index contributed by atoms with van der Waals surface area (Å²) in [6.07, 6.45) is 3.25. The maximum Gasteiger partial charge on any atom is 0.411 e. The molecule has 5 atom stereocenters. The van der Waals surface area contributed by atoms with Crippen LogP contribution in [-0.4, -0.2) is 66.6 Å². The third-order valence-electron chi connectivity index (χ3n) is 8.74. The predicted molar refractivity (Wildman–Crippen MR) is 167 cm³/mol. The van der Waals surface area contributed by atoms with E-state index in [1.54, 1.807) is 12.1 Å². The molecule has 0 radical (unpaired) electrons. The molecule has 0 aromatic heterocycles. The lowest BCUT2D eigenvalue weighted by Crippen LogP contribution is -2.48. The van der Waals surface area contributed by atoms with E-state index < -0.39 is 6.09 Å². The number of aliphatic hydroxyl groups is 1. The number of hydrogen-bond donors (Lipinski definition) is 3. The van der Waals surface area contributed by atoms with Crippen molar-refractivity contribution in [2.75, 3.05) is 24.8 Å². The Morgan fingerprint density at radius 2 is 1.77 bits per heavy atom. The fourth-order valence-electron chi connectivity index (χ4n) is 6.47. The highest BCUT2D eigenvalue weighted by Gasteiger charge is 2.62. The Bertz CT molecular complexity index is 1480. The number of nitrogens with one attached hydrogen (secondary N) is 2. The van der Waals surface area contributed by atoms with E-state index in [4.69, 9.17) is 14.2 Å². The Labute approximate surface area is 259 Å². The molecule has 3 aliphatic rings. The Morgan fingerprint density at radius 1 is 1.02 bits per heavy atom. The molecule has 3 heterocycles. The first kappa shape index (κ1) is 29.6. The fraction of sp³-hybridized carbons (Fsp3) is 0.394. The molecule has 2 bridgehead atoms. The third-order valence-corrected chi connectivity index (χ3v) is 9.39. The highest BCUT2D eigenvalue weighted by molar-refractivity contribution is 9.10. The number of aryl methyl sites for hydroxylation is 1. The smallest absolute Gasteiger partial charge is 0.411 e. The van der Waals surface area contributed by atoms with E-state index in [0.717, 1.165) is 29.5 Å². The number of hydrogen-bond acceptors (Lipinski definition) is 7. The minimum atomic E-state index is -0.444. The first-order chi connectivity index (χ1) is 20.8. The largest absolute Gasteiger partial charge is 0.496 e. The second kappa shape index (κ2) is 12.7. The van der Waals surface area contributed by atoms with Crippen molar-refractivity contribution in [3.8, 4) is 16.9 Å². The maximum absolute atomic E-state index is 13.0. The number of ether oxygens (including phenoxy) is 3. The summed E-state index contributed by atoms with van der Waals surface area (Å²) in [5.74, 6) is 0.395. The number of nitrogens with zero attached hydrogens (tertiary/aromatic N) is 1. The maximum atomic E-state index is 13.0. The summed E-state index contributed by atoms with van der Waals surface area (Å²) >= 11 is 3.45. The van der Waals surface area contributed by atoms with E-state index in [1.165, 1.54) is 7.11 Å². The van der Waals surface area contributed by atoms with Crippen LogP contribution in [0.1, 0.15) is 36.8 Å². The van der Waals surface area contributed by atoms with E-state index in [-0.39, 0.29) is 18.6 Å². The van der Waals surface area contributed by atoms with Crippen molar-refractivity contribution in [3.63, 3.8) is 0 Å². The molecule has 0 spiro atoms. The number of aliphatic hydroxyl groups excluding tert-OH is 1. The van der Waals surface area contributed by atoms with Crippen molar-refractivity contribution in [1.82, 2.24) is 4.90 Å². The van der Waals surface area contributed by atoms with E-state index in [0.29, 0.717) is 70.7 Å². The number of piperidine rings is 1. The monoisotopic (exact) mass is 649 g/mol.